The summed E-state index contributed by atoms with van der Waals surface area (Å²) in [5.74, 6) is 0. The van der Waals surface area contributed by atoms with E-state index >= 15 is 0 Å². The zero-order chi connectivity index (χ0) is 10.5. The molecule has 80 valence electrons. The van der Waals surface area contributed by atoms with E-state index in [2.05, 4.69) is 40.6 Å². The number of allylic oxidation sites excluding steroid dienone is 1. The van der Waals surface area contributed by atoms with Gasteiger partial charge in [-0.2, -0.15) is 0 Å². The molecule has 0 aromatic carbocycles. The lowest BCUT2D eigenvalue weighted by molar-refractivity contribution is -0.686. The average Bonchev–Trinajstić information content (AvgIpc) is 2.32. The minimum Gasteiger partial charge on any atom is -0.371 e. The average molecular weight is 203 g/mol. The summed E-state index contributed by atoms with van der Waals surface area (Å²) in [4.78, 5) is 2.47. The van der Waals surface area contributed by atoms with Crippen molar-refractivity contribution >= 4 is 5.69 Å². The van der Waals surface area contributed by atoms with E-state index in [0.717, 1.165) is 6.54 Å². The van der Waals surface area contributed by atoms with Crippen LogP contribution in [0, 0.1) is 0 Å². The van der Waals surface area contributed by atoms with Crippen LogP contribution in [0.15, 0.2) is 37.2 Å². The Kier molecular flexibility index (Phi) is 3.38. The van der Waals surface area contributed by atoms with E-state index in [1.54, 1.807) is 0 Å². The highest BCUT2D eigenvalue weighted by Gasteiger charge is 2.11. The number of hydrogen-bond donors (Lipinski definition) is 0. The lowest BCUT2D eigenvalue weighted by Crippen LogP contribution is -2.34. The largest absolute Gasteiger partial charge is 0.371 e. The molecule has 0 N–H and O–H groups in total. The maximum absolute atomic E-state index is 3.74. The van der Waals surface area contributed by atoms with Crippen molar-refractivity contribution in [2.75, 3.05) is 18.0 Å². The van der Waals surface area contributed by atoms with Crippen LogP contribution in [0.2, 0.25) is 0 Å². The molecule has 0 aliphatic carbocycles. The van der Waals surface area contributed by atoms with Gasteiger partial charge in [0.2, 0.25) is 0 Å². The van der Waals surface area contributed by atoms with E-state index in [9.17, 15) is 0 Å². The van der Waals surface area contributed by atoms with Gasteiger partial charge in [0.25, 0.3) is 0 Å². The molecule has 0 bridgehead atoms. The molecule has 0 radical (unpaired) electrons. The van der Waals surface area contributed by atoms with Gasteiger partial charge < -0.3 is 4.90 Å². The Balaban J connectivity index is 2.04. The molecular formula is C13H19N2+. The quantitative estimate of drug-likeness (QED) is 0.539. The highest BCUT2D eigenvalue weighted by Crippen LogP contribution is 2.17. The van der Waals surface area contributed by atoms with E-state index in [4.69, 9.17) is 0 Å². The molecule has 0 amide bonds. The van der Waals surface area contributed by atoms with Crippen molar-refractivity contribution in [3.63, 3.8) is 0 Å². The predicted octanol–water partition coefficient (Wildman–Crippen LogP) is 2.15. The van der Waals surface area contributed by atoms with Gasteiger partial charge in [0.15, 0.2) is 18.9 Å². The van der Waals surface area contributed by atoms with E-state index in [0.29, 0.717) is 0 Å². The van der Waals surface area contributed by atoms with Gasteiger partial charge in [-0.15, -0.1) is 0 Å². The Bertz CT molecular complexity index is 310. The molecule has 1 aliphatic rings. The molecule has 0 saturated carbocycles. The summed E-state index contributed by atoms with van der Waals surface area (Å²) in [6.45, 7) is 7.05. The zero-order valence-electron chi connectivity index (χ0n) is 9.23. The summed E-state index contributed by atoms with van der Waals surface area (Å²) < 4.78 is 2.14. The van der Waals surface area contributed by atoms with Gasteiger partial charge in [0.1, 0.15) is 0 Å². The van der Waals surface area contributed by atoms with Gasteiger partial charge >= 0.3 is 0 Å². The lowest BCUT2D eigenvalue weighted by Gasteiger charge is -2.28. The summed E-state index contributed by atoms with van der Waals surface area (Å²) >= 11 is 0. The smallest absolute Gasteiger partial charge is 0.171 e. The number of rotatable bonds is 3. The minimum absolute atomic E-state index is 0.889. The second kappa shape index (κ2) is 4.96. The third-order valence-electron chi connectivity index (χ3n) is 2.93. The van der Waals surface area contributed by atoms with Crippen molar-refractivity contribution in [2.24, 2.45) is 0 Å². The third-order valence-corrected chi connectivity index (χ3v) is 2.93. The summed E-state index contributed by atoms with van der Waals surface area (Å²) in [7, 11) is 0. The Morgan fingerprint density at radius 1 is 1.20 bits per heavy atom. The van der Waals surface area contributed by atoms with Crippen LogP contribution < -0.4 is 9.47 Å². The van der Waals surface area contributed by atoms with Gasteiger partial charge in [-0.25, -0.2) is 4.57 Å². The van der Waals surface area contributed by atoms with Crippen molar-refractivity contribution < 1.29 is 4.57 Å². The highest BCUT2D eigenvalue weighted by atomic mass is 15.1. The topological polar surface area (TPSA) is 7.12 Å². The second-order valence-corrected chi connectivity index (χ2v) is 4.09. The Labute approximate surface area is 91.8 Å². The number of anilines is 1. The molecule has 1 aromatic rings. The van der Waals surface area contributed by atoms with E-state index < -0.39 is 0 Å². The Morgan fingerprint density at radius 2 is 1.87 bits per heavy atom. The summed E-state index contributed by atoms with van der Waals surface area (Å²) in [6, 6.07) is 4.41. The molecule has 0 spiro atoms. The molecule has 1 aliphatic heterocycles. The van der Waals surface area contributed by atoms with Crippen LogP contribution in [-0.2, 0) is 6.54 Å². The third kappa shape index (κ3) is 2.58. The first-order chi connectivity index (χ1) is 7.40. The molecule has 1 aromatic heterocycles. The lowest BCUT2D eigenvalue weighted by atomic mass is 10.1. The van der Waals surface area contributed by atoms with Crippen molar-refractivity contribution in [1.82, 2.24) is 0 Å². The molecule has 2 heterocycles. The molecule has 0 atom stereocenters. The zero-order valence-corrected chi connectivity index (χ0v) is 9.23. The van der Waals surface area contributed by atoms with E-state index in [-0.39, 0.29) is 0 Å². The maximum Gasteiger partial charge on any atom is 0.171 e. The molecule has 1 fully saturated rings. The van der Waals surface area contributed by atoms with Crippen LogP contribution in [-0.4, -0.2) is 13.1 Å². The second-order valence-electron chi connectivity index (χ2n) is 4.09. The number of hydrogen-bond acceptors (Lipinski definition) is 1. The fraction of sp³-hybridized carbons (Fsp3) is 0.462. The van der Waals surface area contributed by atoms with Gasteiger partial charge in [-0.05, 0) is 25.3 Å². The summed E-state index contributed by atoms with van der Waals surface area (Å²) in [5, 5.41) is 0. The number of aromatic nitrogens is 1. The normalized spacial score (nSPS) is 16.4. The molecular weight excluding hydrogens is 184 g/mol. The standard InChI is InChI=1S/C13H19N2/c1-2-8-14-11-6-13(7-12-14)15-9-4-3-5-10-15/h2,6-7,11-12H,1,3-5,8-10H2/q+1. The van der Waals surface area contributed by atoms with Crippen LogP contribution in [0.1, 0.15) is 19.3 Å². The molecule has 15 heavy (non-hydrogen) atoms. The molecule has 2 rings (SSSR count). The first-order valence-corrected chi connectivity index (χ1v) is 5.75. The molecule has 1 saturated heterocycles. The SMILES string of the molecule is C=CC[n+]1ccc(N2CCCCC2)cc1. The van der Waals surface area contributed by atoms with Crippen molar-refractivity contribution in [1.29, 1.82) is 0 Å². The fourth-order valence-corrected chi connectivity index (χ4v) is 2.08. The highest BCUT2D eigenvalue weighted by molar-refractivity contribution is 5.43. The van der Waals surface area contributed by atoms with Gasteiger partial charge in [-0.1, -0.05) is 6.58 Å². The maximum atomic E-state index is 3.74. The Morgan fingerprint density at radius 3 is 2.47 bits per heavy atom. The summed E-state index contributed by atoms with van der Waals surface area (Å²) in [5.41, 5.74) is 1.36. The molecule has 2 nitrogen and oxygen atoms in total. The van der Waals surface area contributed by atoms with Crippen molar-refractivity contribution in [2.45, 2.75) is 25.8 Å². The van der Waals surface area contributed by atoms with Gasteiger partial charge in [0, 0.05) is 30.9 Å². The van der Waals surface area contributed by atoms with Crippen molar-refractivity contribution in [3.8, 4) is 0 Å². The van der Waals surface area contributed by atoms with Crippen LogP contribution in [0.3, 0.4) is 0 Å². The van der Waals surface area contributed by atoms with Crippen LogP contribution >= 0.6 is 0 Å². The summed E-state index contributed by atoms with van der Waals surface area (Å²) in [6.07, 6.45) is 10.2. The van der Waals surface area contributed by atoms with Crippen LogP contribution in [0.4, 0.5) is 5.69 Å². The Hall–Kier alpha value is -1.31. The van der Waals surface area contributed by atoms with Crippen LogP contribution in [0.25, 0.3) is 0 Å². The number of pyridine rings is 1. The van der Waals surface area contributed by atoms with Gasteiger partial charge in [-0.3, -0.25) is 0 Å². The van der Waals surface area contributed by atoms with Gasteiger partial charge in [0.05, 0.1) is 0 Å². The first kappa shape index (κ1) is 10.2. The first-order valence-electron chi connectivity index (χ1n) is 5.75. The predicted molar refractivity (Wildman–Crippen MR) is 62.9 cm³/mol. The van der Waals surface area contributed by atoms with E-state index in [1.165, 1.54) is 38.0 Å². The molecule has 0 unspecified atom stereocenters. The number of piperidine rings is 1. The van der Waals surface area contributed by atoms with E-state index in [1.807, 2.05) is 6.08 Å². The minimum atomic E-state index is 0.889. The van der Waals surface area contributed by atoms with Crippen molar-refractivity contribution in [3.05, 3.63) is 37.2 Å². The number of nitrogens with zero attached hydrogens (tertiary/aromatic N) is 2. The monoisotopic (exact) mass is 203 g/mol. The van der Waals surface area contributed by atoms with Crippen LogP contribution in [0.5, 0.6) is 0 Å². The fourth-order valence-electron chi connectivity index (χ4n) is 2.08. The molecule has 2 heteroatoms.